The standard InChI is InChI=1S/C22H26N4O5/c27-17-5-4-16(19(28)24-17)26-20(29)15-3-1-2-14(18(15)21(26)30)12-25-10-11-31-13-22(25)6-8-23-9-7-22/h1-3,16,23H,4-13H2,(H,24,27,28). The van der Waals surface area contributed by atoms with Crippen LogP contribution in [0.4, 0.5) is 0 Å². The maximum atomic E-state index is 13.4. The summed E-state index contributed by atoms with van der Waals surface area (Å²) in [6, 6.07) is 4.38. The first-order valence-electron chi connectivity index (χ1n) is 10.9. The van der Waals surface area contributed by atoms with Gasteiger partial charge < -0.3 is 10.1 Å². The maximum Gasteiger partial charge on any atom is 0.262 e. The van der Waals surface area contributed by atoms with Crippen molar-refractivity contribution in [3.05, 3.63) is 34.9 Å². The number of amides is 4. The van der Waals surface area contributed by atoms with E-state index in [1.807, 2.05) is 6.07 Å². The van der Waals surface area contributed by atoms with Crippen LogP contribution in [0.2, 0.25) is 0 Å². The van der Waals surface area contributed by atoms with E-state index in [9.17, 15) is 19.2 Å². The van der Waals surface area contributed by atoms with E-state index >= 15 is 0 Å². The van der Waals surface area contributed by atoms with Gasteiger partial charge in [0.25, 0.3) is 11.8 Å². The summed E-state index contributed by atoms with van der Waals surface area (Å²) < 4.78 is 5.81. The Labute approximate surface area is 180 Å². The molecule has 4 aliphatic rings. The Bertz CT molecular complexity index is 947. The Hall–Kier alpha value is -2.62. The fraction of sp³-hybridized carbons (Fsp3) is 0.545. The topological polar surface area (TPSA) is 108 Å². The number of ether oxygens (including phenoxy) is 1. The quantitative estimate of drug-likeness (QED) is 0.657. The number of morpholine rings is 1. The highest BCUT2D eigenvalue weighted by Crippen LogP contribution is 2.34. The molecule has 31 heavy (non-hydrogen) atoms. The molecule has 1 unspecified atom stereocenters. The number of rotatable bonds is 3. The number of carbonyl (C=O) groups is 4. The molecule has 1 aromatic rings. The summed E-state index contributed by atoms with van der Waals surface area (Å²) in [4.78, 5) is 53.7. The molecule has 4 amide bonds. The lowest BCUT2D eigenvalue weighted by atomic mass is 9.85. The van der Waals surface area contributed by atoms with Crippen LogP contribution in [-0.2, 0) is 20.9 Å². The molecule has 9 heteroatoms. The SMILES string of the molecule is O=C1CCC(N2C(=O)c3cccc(CN4CCOCC45CCNCC5)c3C2=O)C(=O)N1. The summed E-state index contributed by atoms with van der Waals surface area (Å²) in [6.07, 6.45) is 2.21. The van der Waals surface area contributed by atoms with Crippen molar-refractivity contribution in [3.8, 4) is 0 Å². The molecule has 4 aliphatic heterocycles. The van der Waals surface area contributed by atoms with Crippen molar-refractivity contribution >= 4 is 23.6 Å². The first kappa shape index (κ1) is 20.3. The minimum Gasteiger partial charge on any atom is -0.378 e. The highest BCUT2D eigenvalue weighted by Gasteiger charge is 2.46. The van der Waals surface area contributed by atoms with Crippen LogP contribution in [-0.4, -0.2) is 77.9 Å². The van der Waals surface area contributed by atoms with E-state index in [2.05, 4.69) is 15.5 Å². The van der Waals surface area contributed by atoms with E-state index in [0.29, 0.717) is 30.9 Å². The van der Waals surface area contributed by atoms with E-state index in [4.69, 9.17) is 4.74 Å². The smallest absolute Gasteiger partial charge is 0.262 e. The van der Waals surface area contributed by atoms with Crippen molar-refractivity contribution in [3.63, 3.8) is 0 Å². The Morgan fingerprint density at radius 1 is 1.10 bits per heavy atom. The fourth-order valence-corrected chi connectivity index (χ4v) is 5.29. The van der Waals surface area contributed by atoms with Crippen molar-refractivity contribution in [1.29, 1.82) is 0 Å². The molecule has 0 aliphatic carbocycles. The summed E-state index contributed by atoms with van der Waals surface area (Å²) in [5.41, 5.74) is 1.44. The third-order valence-corrected chi connectivity index (χ3v) is 7.00. The van der Waals surface area contributed by atoms with Gasteiger partial charge in [-0.05, 0) is 44.0 Å². The predicted molar refractivity (Wildman–Crippen MR) is 109 cm³/mol. The lowest BCUT2D eigenvalue weighted by Gasteiger charge is -2.49. The summed E-state index contributed by atoms with van der Waals surface area (Å²) in [5, 5.41) is 5.64. The van der Waals surface area contributed by atoms with Gasteiger partial charge in [-0.25, -0.2) is 0 Å². The molecule has 3 saturated heterocycles. The van der Waals surface area contributed by atoms with Gasteiger partial charge in [0, 0.05) is 25.0 Å². The maximum absolute atomic E-state index is 13.4. The molecule has 0 saturated carbocycles. The van der Waals surface area contributed by atoms with Crippen LogP contribution in [0.5, 0.6) is 0 Å². The third-order valence-electron chi connectivity index (χ3n) is 7.00. The number of hydrogen-bond acceptors (Lipinski definition) is 7. The minimum atomic E-state index is -0.947. The molecule has 9 nitrogen and oxygen atoms in total. The molecular weight excluding hydrogens is 400 g/mol. The predicted octanol–water partition coefficient (Wildman–Crippen LogP) is 0.0422. The van der Waals surface area contributed by atoms with Gasteiger partial charge >= 0.3 is 0 Å². The van der Waals surface area contributed by atoms with Crippen LogP contribution in [0, 0.1) is 0 Å². The van der Waals surface area contributed by atoms with Crippen LogP contribution >= 0.6 is 0 Å². The number of hydrogen-bond donors (Lipinski definition) is 2. The molecule has 1 aromatic carbocycles. The van der Waals surface area contributed by atoms with E-state index < -0.39 is 23.8 Å². The second-order valence-corrected chi connectivity index (χ2v) is 8.74. The Kier molecular flexibility index (Phi) is 5.11. The fourth-order valence-electron chi connectivity index (χ4n) is 5.29. The third kappa shape index (κ3) is 3.37. The Balaban J connectivity index is 1.44. The zero-order valence-electron chi connectivity index (χ0n) is 17.3. The first-order valence-corrected chi connectivity index (χ1v) is 10.9. The Morgan fingerprint density at radius 2 is 1.90 bits per heavy atom. The van der Waals surface area contributed by atoms with E-state index in [1.165, 1.54) is 0 Å². The zero-order valence-corrected chi connectivity index (χ0v) is 17.3. The number of benzene rings is 1. The van der Waals surface area contributed by atoms with Gasteiger partial charge in [0.05, 0.1) is 24.3 Å². The van der Waals surface area contributed by atoms with Gasteiger partial charge in [-0.15, -0.1) is 0 Å². The highest BCUT2D eigenvalue weighted by atomic mass is 16.5. The van der Waals surface area contributed by atoms with Gasteiger partial charge in [0.2, 0.25) is 11.8 Å². The zero-order chi connectivity index (χ0) is 21.6. The number of nitrogens with one attached hydrogen (secondary N) is 2. The van der Waals surface area contributed by atoms with Gasteiger partial charge in [-0.3, -0.25) is 34.3 Å². The largest absolute Gasteiger partial charge is 0.378 e. The van der Waals surface area contributed by atoms with E-state index in [0.717, 1.165) is 42.9 Å². The van der Waals surface area contributed by atoms with Crippen molar-refractivity contribution in [2.45, 2.75) is 43.8 Å². The molecule has 4 heterocycles. The summed E-state index contributed by atoms with van der Waals surface area (Å²) >= 11 is 0. The number of piperidine rings is 2. The summed E-state index contributed by atoms with van der Waals surface area (Å²) in [5.74, 6) is -1.88. The molecule has 0 aromatic heterocycles. The summed E-state index contributed by atoms with van der Waals surface area (Å²) in [7, 11) is 0. The lowest BCUT2D eigenvalue weighted by molar-refractivity contribution is -0.136. The van der Waals surface area contributed by atoms with Crippen molar-refractivity contribution < 1.29 is 23.9 Å². The Morgan fingerprint density at radius 3 is 2.68 bits per heavy atom. The van der Waals surface area contributed by atoms with E-state index in [-0.39, 0.29) is 24.3 Å². The van der Waals surface area contributed by atoms with Gasteiger partial charge in [-0.1, -0.05) is 12.1 Å². The van der Waals surface area contributed by atoms with Crippen molar-refractivity contribution in [2.24, 2.45) is 0 Å². The molecule has 3 fully saturated rings. The summed E-state index contributed by atoms with van der Waals surface area (Å²) in [6.45, 7) is 4.47. The molecule has 0 radical (unpaired) electrons. The van der Waals surface area contributed by atoms with Crippen LogP contribution in [0.3, 0.4) is 0 Å². The van der Waals surface area contributed by atoms with Gasteiger partial charge in [0.15, 0.2) is 0 Å². The van der Waals surface area contributed by atoms with Crippen LogP contribution in [0.15, 0.2) is 18.2 Å². The molecule has 1 atom stereocenters. The molecule has 164 valence electrons. The average molecular weight is 426 g/mol. The second kappa shape index (κ2) is 7.81. The van der Waals surface area contributed by atoms with Crippen LogP contribution in [0.25, 0.3) is 0 Å². The van der Waals surface area contributed by atoms with Crippen molar-refractivity contribution in [1.82, 2.24) is 20.4 Å². The molecular formula is C22H26N4O5. The molecule has 5 rings (SSSR count). The minimum absolute atomic E-state index is 0.0683. The normalized spacial score (nSPS) is 26.3. The number of fused-ring (bicyclic) bond motifs is 1. The molecule has 0 bridgehead atoms. The van der Waals surface area contributed by atoms with E-state index in [1.54, 1.807) is 12.1 Å². The van der Waals surface area contributed by atoms with Crippen LogP contribution < -0.4 is 10.6 Å². The number of imide groups is 2. The van der Waals surface area contributed by atoms with Crippen LogP contribution in [0.1, 0.15) is 52.0 Å². The lowest BCUT2D eigenvalue weighted by Crippen LogP contribution is -2.60. The van der Waals surface area contributed by atoms with Crippen molar-refractivity contribution in [2.75, 3.05) is 32.8 Å². The monoisotopic (exact) mass is 426 g/mol. The second-order valence-electron chi connectivity index (χ2n) is 8.74. The average Bonchev–Trinajstić information content (AvgIpc) is 3.02. The molecule has 1 spiro atoms. The number of nitrogens with zero attached hydrogens (tertiary/aromatic N) is 2. The van der Waals surface area contributed by atoms with Gasteiger partial charge in [-0.2, -0.15) is 0 Å². The molecule has 2 N–H and O–H groups in total. The number of carbonyl (C=O) groups excluding carboxylic acids is 4. The highest BCUT2D eigenvalue weighted by molar-refractivity contribution is 6.24. The van der Waals surface area contributed by atoms with Gasteiger partial charge in [0.1, 0.15) is 6.04 Å². The first-order chi connectivity index (χ1) is 15.0.